The molecule has 0 heterocycles. The molecule has 2 N–H and O–H groups in total. The fourth-order valence-corrected chi connectivity index (χ4v) is 10.9. The highest BCUT2D eigenvalue weighted by molar-refractivity contribution is 7.53. The van der Waals surface area contributed by atoms with Gasteiger partial charge in [-0.15, -0.1) is 0 Å². The highest BCUT2D eigenvalue weighted by Crippen LogP contribution is 2.51. The third-order valence-corrected chi connectivity index (χ3v) is 15.5. The molecule has 0 amide bonds. The second-order valence-electron chi connectivity index (χ2n) is 21.7. The van der Waals surface area contributed by atoms with Gasteiger partial charge in [-0.1, -0.05) is 132 Å². The average molecular weight is 949 g/mol. The molecule has 4 aromatic carbocycles. The third kappa shape index (κ3) is 12.9. The van der Waals surface area contributed by atoms with Crippen LogP contribution in [0.1, 0.15) is 178 Å². The van der Waals surface area contributed by atoms with Crippen LogP contribution in [0.2, 0.25) is 0 Å². The van der Waals surface area contributed by atoms with Crippen molar-refractivity contribution in [3.8, 4) is 23.0 Å². The monoisotopic (exact) mass is 949 g/mol. The van der Waals surface area contributed by atoms with Gasteiger partial charge < -0.3 is 37.8 Å². The number of ether oxygens (including phenoxy) is 2. The highest BCUT2D eigenvalue weighted by atomic mass is 31.2. The molecule has 1 aliphatic rings. The normalized spacial score (nSPS) is 14.1. The van der Waals surface area contributed by atoms with Crippen molar-refractivity contribution in [1.82, 2.24) is 0 Å². The summed E-state index contributed by atoms with van der Waals surface area (Å²) in [5, 5.41) is 25.2. The molecular weight excluding hydrogens is 871 g/mol. The van der Waals surface area contributed by atoms with Crippen LogP contribution in [0.15, 0.2) is 48.5 Å². The van der Waals surface area contributed by atoms with Crippen LogP contribution in [-0.2, 0) is 74.6 Å². The van der Waals surface area contributed by atoms with E-state index in [1.165, 1.54) is 0 Å². The topological polar surface area (TPSA) is 130 Å². The van der Waals surface area contributed by atoms with Crippen molar-refractivity contribution in [1.29, 1.82) is 0 Å². The number of aromatic hydroxyl groups is 2. The second kappa shape index (κ2) is 20.5. The summed E-state index contributed by atoms with van der Waals surface area (Å²) in [6, 6.07) is 16.8. The highest BCUT2D eigenvalue weighted by Gasteiger charge is 2.32. The van der Waals surface area contributed by atoms with Crippen molar-refractivity contribution in [3.05, 3.63) is 115 Å². The van der Waals surface area contributed by atoms with Crippen molar-refractivity contribution >= 4 is 15.2 Å². The van der Waals surface area contributed by atoms with E-state index >= 15 is 0 Å². The number of rotatable bonds is 14. The van der Waals surface area contributed by atoms with E-state index in [-0.39, 0.29) is 98.0 Å². The van der Waals surface area contributed by atoms with E-state index in [2.05, 4.69) is 132 Å². The van der Waals surface area contributed by atoms with E-state index in [4.69, 9.17) is 27.6 Å². The summed E-state index contributed by atoms with van der Waals surface area (Å²) in [6.07, 6.45) is 0.424. The van der Waals surface area contributed by atoms with Gasteiger partial charge in [0.15, 0.2) is 12.7 Å². The lowest BCUT2D eigenvalue weighted by atomic mass is 9.79. The van der Waals surface area contributed by atoms with Crippen LogP contribution < -0.4 is 9.47 Å². The minimum atomic E-state index is -3.68. The zero-order valence-electron chi connectivity index (χ0n) is 42.7. The van der Waals surface area contributed by atoms with Crippen LogP contribution in [0.3, 0.4) is 0 Å². The first kappa shape index (κ1) is 53.3. The average Bonchev–Trinajstić information content (AvgIpc) is 3.18. The molecular formula is C54H78O10P2. The fourth-order valence-electron chi connectivity index (χ4n) is 8.31. The molecule has 5 rings (SSSR count). The maximum atomic E-state index is 14.0. The predicted octanol–water partition coefficient (Wildman–Crippen LogP) is 14.2. The van der Waals surface area contributed by atoms with Crippen molar-refractivity contribution < 1.29 is 46.9 Å². The van der Waals surface area contributed by atoms with E-state index in [9.17, 15) is 19.3 Å². The molecule has 12 heteroatoms. The Morgan fingerprint density at radius 2 is 0.591 bits per heavy atom. The molecule has 0 radical (unpaired) electrons. The van der Waals surface area contributed by atoms with Crippen molar-refractivity contribution in [3.63, 3.8) is 0 Å². The van der Waals surface area contributed by atoms with Crippen molar-refractivity contribution in [2.24, 2.45) is 0 Å². The maximum absolute atomic E-state index is 14.0. The molecule has 0 fully saturated rings. The smallest absolute Gasteiger partial charge is 0.367 e. The molecule has 0 atom stereocenters. The van der Waals surface area contributed by atoms with Gasteiger partial charge >= 0.3 is 15.2 Å². The first-order valence-electron chi connectivity index (χ1n) is 23.6. The number of phenolic OH excluding ortho intramolecular Hbond substituents is 2. The van der Waals surface area contributed by atoms with Gasteiger partial charge in [0, 0.05) is 25.7 Å². The standard InChI is InChI=1S/C54H78O10P2/c1-17-61-65(57,62-18-2)33-59-49-39-21-35-25-43(51(5,6)7)27-37(47(35)55)23-41-31-46(54(14,15)16)32-42(50(41)60-34-66(58,63-19-3)64-20-4)24-38-28-44(52(8,9)10)26-36(48(38)56)22-40(49)30-45(29-39)53(11,12)13/h25-32,55-56H,17-24,33-34H2,1-16H3. The second-order valence-corrected chi connectivity index (χ2v) is 25.7. The zero-order valence-corrected chi connectivity index (χ0v) is 44.5. The molecule has 0 aromatic heterocycles. The summed E-state index contributed by atoms with van der Waals surface area (Å²) >= 11 is 0. The zero-order chi connectivity index (χ0) is 49.2. The quantitative estimate of drug-likeness (QED) is 0.104. The Morgan fingerprint density at radius 3 is 0.773 bits per heavy atom. The van der Waals surface area contributed by atoms with Gasteiger partial charge in [0.25, 0.3) is 0 Å². The van der Waals surface area contributed by atoms with Gasteiger partial charge in [0.2, 0.25) is 0 Å². The molecule has 0 aliphatic heterocycles. The maximum Gasteiger partial charge on any atom is 0.367 e. The largest absolute Gasteiger partial charge is 0.507 e. The Morgan fingerprint density at radius 1 is 0.394 bits per heavy atom. The van der Waals surface area contributed by atoms with Crippen molar-refractivity contribution in [2.75, 3.05) is 39.1 Å². The molecule has 10 nitrogen and oxygen atoms in total. The number of hydrogen-bond acceptors (Lipinski definition) is 10. The Hall–Kier alpha value is -3.62. The molecule has 8 bridgehead atoms. The number of fused-ring (bicyclic) bond motifs is 8. The van der Waals surface area contributed by atoms with Gasteiger partial charge in [0.1, 0.15) is 23.0 Å². The molecule has 0 saturated carbocycles. The van der Waals surface area contributed by atoms with Crippen LogP contribution in [0.5, 0.6) is 23.0 Å². The van der Waals surface area contributed by atoms with Crippen LogP contribution in [0.25, 0.3) is 0 Å². The summed E-state index contributed by atoms with van der Waals surface area (Å²) in [5.41, 5.74) is 8.83. The van der Waals surface area contributed by atoms with E-state index < -0.39 is 15.2 Å². The Labute approximate surface area is 396 Å². The predicted molar refractivity (Wildman–Crippen MR) is 268 cm³/mol. The fraction of sp³-hybridized carbons (Fsp3) is 0.556. The van der Waals surface area contributed by atoms with E-state index in [0.717, 1.165) is 44.5 Å². The van der Waals surface area contributed by atoms with Gasteiger partial charge in [-0.3, -0.25) is 9.13 Å². The van der Waals surface area contributed by atoms with Crippen LogP contribution in [0.4, 0.5) is 0 Å². The molecule has 0 spiro atoms. The summed E-state index contributed by atoms with van der Waals surface area (Å²) in [6.45, 7) is 33.7. The van der Waals surface area contributed by atoms with Gasteiger partial charge in [-0.2, -0.15) is 0 Å². The summed E-state index contributed by atoms with van der Waals surface area (Å²) in [7, 11) is -7.35. The Kier molecular flexibility index (Phi) is 16.6. The van der Waals surface area contributed by atoms with E-state index in [1.807, 2.05) is 0 Å². The molecule has 0 unspecified atom stereocenters. The summed E-state index contributed by atoms with van der Waals surface area (Å²) in [5.74, 6) is 1.28. The first-order valence-corrected chi connectivity index (χ1v) is 27.0. The van der Waals surface area contributed by atoms with E-state index in [0.29, 0.717) is 33.8 Å². The molecule has 1 aliphatic carbocycles. The molecule has 4 aromatic rings. The SMILES string of the molecule is CCOP(=O)(COc1c2cc(C(C)(C)C)cc1Cc1cc(C(C)(C)C)cc(c1O)Cc1cc(C(C)(C)C)cc(c1OCP(=O)(OCC)OCC)Cc1cc(C(C)(C)C)cc(c1O)C2)OCC. The van der Waals surface area contributed by atoms with Gasteiger partial charge in [-0.25, -0.2) is 0 Å². The third-order valence-electron chi connectivity index (χ3n) is 12.0. The lowest BCUT2D eigenvalue weighted by Gasteiger charge is -2.28. The van der Waals surface area contributed by atoms with Gasteiger partial charge in [-0.05, 0) is 116 Å². The van der Waals surface area contributed by atoms with Crippen molar-refractivity contribution in [2.45, 2.75) is 158 Å². The van der Waals surface area contributed by atoms with Gasteiger partial charge in [0.05, 0.1) is 26.4 Å². The van der Waals surface area contributed by atoms with E-state index in [1.54, 1.807) is 27.7 Å². The lowest BCUT2D eigenvalue weighted by molar-refractivity contribution is 0.195. The number of phenols is 2. The number of hydrogen-bond donors (Lipinski definition) is 2. The Balaban J connectivity index is 1.95. The van der Waals surface area contributed by atoms with Crippen LogP contribution in [-0.4, -0.2) is 49.3 Å². The lowest BCUT2D eigenvalue weighted by Crippen LogP contribution is -2.17. The molecule has 66 heavy (non-hydrogen) atoms. The Bertz CT molecular complexity index is 2170. The number of benzene rings is 4. The molecule has 364 valence electrons. The van der Waals surface area contributed by atoms with Crippen LogP contribution in [0, 0.1) is 0 Å². The van der Waals surface area contributed by atoms with Crippen LogP contribution >= 0.6 is 15.2 Å². The summed E-state index contributed by atoms with van der Waals surface area (Å²) in [4.78, 5) is 0. The minimum absolute atomic E-state index is 0.138. The summed E-state index contributed by atoms with van der Waals surface area (Å²) < 4.78 is 64.4. The first-order chi connectivity index (χ1) is 30.5. The molecule has 0 saturated heterocycles. The minimum Gasteiger partial charge on any atom is -0.507 e.